The molecule has 3 heterocycles. The van der Waals surface area contributed by atoms with Crippen LogP contribution < -0.4 is 16.0 Å². The molecule has 0 spiro atoms. The van der Waals surface area contributed by atoms with Crippen LogP contribution in [-0.4, -0.2) is 51.8 Å². The number of amides is 1. The Bertz CT molecular complexity index is 1230. The van der Waals surface area contributed by atoms with Crippen molar-refractivity contribution in [1.29, 1.82) is 0 Å². The van der Waals surface area contributed by atoms with Crippen molar-refractivity contribution < 1.29 is 13.9 Å². The molecule has 3 N–H and O–H groups in total. The van der Waals surface area contributed by atoms with Crippen LogP contribution in [-0.2, 0) is 4.74 Å². The van der Waals surface area contributed by atoms with Gasteiger partial charge in [-0.3, -0.25) is 4.79 Å². The first-order valence-electron chi connectivity index (χ1n) is 9.67. The second kappa shape index (κ2) is 7.30. The van der Waals surface area contributed by atoms with Crippen molar-refractivity contribution in [3.63, 3.8) is 0 Å². The molecule has 0 saturated heterocycles. The number of ether oxygens (including phenoxy) is 1. The Morgan fingerprint density at radius 1 is 1.33 bits per heavy atom. The molecular weight excluding hydrogens is 386 g/mol. The van der Waals surface area contributed by atoms with Crippen molar-refractivity contribution in [2.24, 2.45) is 0 Å². The predicted molar refractivity (Wildman–Crippen MR) is 111 cm³/mol. The fourth-order valence-electron chi connectivity index (χ4n) is 3.65. The fraction of sp³-hybridized carbons (Fsp3) is 0.300. The highest BCUT2D eigenvalue weighted by molar-refractivity contribution is 6.00. The van der Waals surface area contributed by atoms with Crippen LogP contribution in [0, 0.1) is 0 Å². The van der Waals surface area contributed by atoms with Crippen molar-refractivity contribution in [3.05, 3.63) is 42.4 Å². The lowest BCUT2D eigenvalue weighted by Crippen LogP contribution is -2.51. The predicted octanol–water partition coefficient (Wildman–Crippen LogP) is 2.56. The van der Waals surface area contributed by atoms with Gasteiger partial charge in [0.25, 0.3) is 5.91 Å². The number of carbonyl (C=O) groups is 1. The molecule has 1 aliphatic carbocycles. The molecule has 0 bridgehead atoms. The highest BCUT2D eigenvalue weighted by Gasteiger charge is 2.33. The Labute approximate surface area is 171 Å². The number of para-hydroxylation sites is 1. The van der Waals surface area contributed by atoms with E-state index in [4.69, 9.17) is 9.15 Å². The molecule has 10 heteroatoms. The van der Waals surface area contributed by atoms with Crippen LogP contribution >= 0.6 is 0 Å². The number of aromatic nitrogens is 4. The lowest BCUT2D eigenvalue weighted by molar-refractivity contribution is 0.00732. The van der Waals surface area contributed by atoms with Crippen molar-refractivity contribution in [2.45, 2.75) is 25.0 Å². The van der Waals surface area contributed by atoms with Gasteiger partial charge in [0.05, 0.1) is 24.0 Å². The van der Waals surface area contributed by atoms with Crippen LogP contribution in [0.25, 0.3) is 16.7 Å². The average molecular weight is 407 g/mol. The number of nitrogens with zero attached hydrogens (tertiary/aromatic N) is 4. The van der Waals surface area contributed by atoms with Gasteiger partial charge in [0.2, 0.25) is 0 Å². The Balaban J connectivity index is 1.50. The highest BCUT2D eigenvalue weighted by atomic mass is 16.5. The summed E-state index contributed by atoms with van der Waals surface area (Å²) in [5, 5.41) is 13.7. The van der Waals surface area contributed by atoms with E-state index in [1.165, 1.54) is 12.6 Å². The molecular formula is C20H21N7O3. The van der Waals surface area contributed by atoms with Gasteiger partial charge < -0.3 is 25.1 Å². The van der Waals surface area contributed by atoms with Gasteiger partial charge in [0.15, 0.2) is 17.6 Å². The molecule has 2 atom stereocenters. The normalized spacial score (nSPS) is 18.3. The first-order valence-corrected chi connectivity index (χ1v) is 9.67. The van der Waals surface area contributed by atoms with E-state index in [9.17, 15) is 4.79 Å². The Hall–Kier alpha value is -3.66. The number of hydrogen-bond acceptors (Lipinski definition) is 8. The molecule has 30 heavy (non-hydrogen) atoms. The number of carbonyl (C=O) groups excluding carboxylic acids is 1. The molecule has 1 aromatic carbocycles. The summed E-state index contributed by atoms with van der Waals surface area (Å²) in [5.41, 5.74) is 2.97. The number of hydrogen-bond donors (Lipinski definition) is 3. The maximum Gasteiger partial charge on any atom is 0.257 e. The number of benzene rings is 1. The summed E-state index contributed by atoms with van der Waals surface area (Å²) in [6, 6.07) is 7.42. The van der Waals surface area contributed by atoms with Crippen LogP contribution in [0.2, 0.25) is 0 Å². The van der Waals surface area contributed by atoms with Gasteiger partial charge in [-0.05, 0) is 25.0 Å². The minimum absolute atomic E-state index is 0.00676. The lowest BCUT2D eigenvalue weighted by atomic mass is 9.89. The third-order valence-corrected chi connectivity index (χ3v) is 5.43. The summed E-state index contributed by atoms with van der Waals surface area (Å²) in [4.78, 5) is 21.8. The average Bonchev–Trinajstić information content (AvgIpc) is 3.38. The van der Waals surface area contributed by atoms with Crippen LogP contribution in [0.3, 0.4) is 0 Å². The third kappa shape index (κ3) is 3.01. The highest BCUT2D eigenvalue weighted by Crippen LogP contribution is 2.27. The van der Waals surface area contributed by atoms with Crippen molar-refractivity contribution in [3.8, 4) is 0 Å². The van der Waals surface area contributed by atoms with Crippen LogP contribution in [0.4, 0.5) is 17.3 Å². The van der Waals surface area contributed by atoms with Crippen molar-refractivity contribution in [1.82, 2.24) is 24.9 Å². The number of oxazole rings is 1. The molecule has 1 saturated carbocycles. The summed E-state index contributed by atoms with van der Waals surface area (Å²) in [5.74, 6) is 1.02. The maximum absolute atomic E-state index is 12.9. The number of anilines is 3. The van der Waals surface area contributed by atoms with E-state index in [1.54, 1.807) is 18.7 Å². The standard InChI is InChI=1S/C20H21N7O3/c1-21-17-8-16(24-13-4-3-5-15-18(13)22-10-30-15)26-19-11(9-23-27(17)19)20(28)25-12-6-7-14(12)29-2/h3-5,8-10,12,14,21H,6-7H2,1-2H3,(H,24,26)(H,25,28)/t12-,14-/m0/s1. The molecule has 154 valence electrons. The van der Waals surface area contributed by atoms with E-state index in [0.717, 1.165) is 18.5 Å². The monoisotopic (exact) mass is 407 g/mol. The van der Waals surface area contributed by atoms with E-state index in [-0.39, 0.29) is 18.1 Å². The molecule has 1 amide bonds. The summed E-state index contributed by atoms with van der Waals surface area (Å²) in [6.07, 6.45) is 4.82. The third-order valence-electron chi connectivity index (χ3n) is 5.43. The van der Waals surface area contributed by atoms with Gasteiger partial charge in [0.1, 0.15) is 22.7 Å². The van der Waals surface area contributed by atoms with Crippen LogP contribution in [0.5, 0.6) is 0 Å². The van der Waals surface area contributed by atoms with Crippen molar-refractivity contribution in [2.75, 3.05) is 24.8 Å². The molecule has 5 rings (SSSR count). The van der Waals surface area contributed by atoms with Gasteiger partial charge in [-0.15, -0.1) is 0 Å². The molecule has 0 aliphatic heterocycles. The number of nitrogens with one attached hydrogen (secondary N) is 3. The van der Waals surface area contributed by atoms with Crippen LogP contribution in [0.1, 0.15) is 23.2 Å². The molecule has 3 aromatic heterocycles. The van der Waals surface area contributed by atoms with Gasteiger partial charge in [0, 0.05) is 20.2 Å². The minimum atomic E-state index is -0.220. The summed E-state index contributed by atoms with van der Waals surface area (Å²) >= 11 is 0. The molecule has 1 aliphatic rings. The summed E-state index contributed by atoms with van der Waals surface area (Å²) < 4.78 is 12.3. The first-order chi connectivity index (χ1) is 14.7. The number of methoxy groups -OCH3 is 1. The quantitative estimate of drug-likeness (QED) is 0.446. The van der Waals surface area contributed by atoms with Crippen LogP contribution in [0.15, 0.2) is 41.3 Å². The van der Waals surface area contributed by atoms with E-state index in [2.05, 4.69) is 31.0 Å². The Morgan fingerprint density at radius 2 is 2.23 bits per heavy atom. The maximum atomic E-state index is 12.9. The molecule has 10 nitrogen and oxygen atoms in total. The summed E-state index contributed by atoms with van der Waals surface area (Å²) in [7, 11) is 3.45. The zero-order valence-corrected chi connectivity index (χ0v) is 16.5. The largest absolute Gasteiger partial charge is 0.443 e. The zero-order chi connectivity index (χ0) is 20.7. The van der Waals surface area contributed by atoms with Gasteiger partial charge in [-0.1, -0.05) is 6.07 Å². The summed E-state index contributed by atoms with van der Waals surface area (Å²) in [6.45, 7) is 0. The van der Waals surface area contributed by atoms with E-state index in [1.807, 2.05) is 24.3 Å². The van der Waals surface area contributed by atoms with Gasteiger partial charge in [-0.2, -0.15) is 9.61 Å². The molecule has 4 aromatic rings. The zero-order valence-electron chi connectivity index (χ0n) is 16.5. The molecule has 0 unspecified atom stereocenters. The number of fused-ring (bicyclic) bond motifs is 2. The fourth-order valence-corrected chi connectivity index (χ4v) is 3.65. The second-order valence-corrected chi connectivity index (χ2v) is 7.13. The minimum Gasteiger partial charge on any atom is -0.443 e. The van der Waals surface area contributed by atoms with Gasteiger partial charge in [-0.25, -0.2) is 9.97 Å². The van der Waals surface area contributed by atoms with E-state index in [0.29, 0.717) is 33.9 Å². The molecule has 0 radical (unpaired) electrons. The lowest BCUT2D eigenvalue weighted by Gasteiger charge is -2.35. The van der Waals surface area contributed by atoms with Crippen molar-refractivity contribution >= 4 is 40.0 Å². The van der Waals surface area contributed by atoms with Gasteiger partial charge >= 0.3 is 0 Å². The van der Waals surface area contributed by atoms with E-state index < -0.39 is 0 Å². The molecule has 1 fully saturated rings. The van der Waals surface area contributed by atoms with E-state index >= 15 is 0 Å². The topological polar surface area (TPSA) is 119 Å². The Morgan fingerprint density at radius 3 is 3.00 bits per heavy atom. The smallest absolute Gasteiger partial charge is 0.257 e. The first kappa shape index (κ1) is 18.4. The SMILES string of the molecule is CNc1cc(Nc2cccc3ocnc23)nc2c(C(=O)N[C@H]3CC[C@@H]3OC)cnn12. The Kier molecular flexibility index (Phi) is 4.47. The number of rotatable bonds is 6. The second-order valence-electron chi connectivity index (χ2n) is 7.13.